The van der Waals surface area contributed by atoms with Crippen LogP contribution < -0.4 is 5.32 Å². The van der Waals surface area contributed by atoms with Crippen LogP contribution in [0.15, 0.2) is 0 Å². The molecule has 0 aromatic carbocycles. The summed E-state index contributed by atoms with van der Waals surface area (Å²) in [5.41, 5.74) is 0. The third-order valence-corrected chi connectivity index (χ3v) is 3.98. The average Bonchev–Trinajstić information content (AvgIpc) is 2.39. The second kappa shape index (κ2) is 10.5. The molecule has 0 aromatic heterocycles. The minimum atomic E-state index is 0. The Hall–Kier alpha value is -0.280. The smallest absolute Gasteiger partial charge is 0.222 e. The lowest BCUT2D eigenvalue weighted by molar-refractivity contribution is -0.132. The van der Waals surface area contributed by atoms with E-state index in [1.54, 1.807) is 0 Å². The van der Waals surface area contributed by atoms with E-state index in [2.05, 4.69) is 26.1 Å². The van der Waals surface area contributed by atoms with Crippen molar-refractivity contribution >= 4 is 18.3 Å². The number of rotatable bonds is 7. The van der Waals surface area contributed by atoms with Gasteiger partial charge in [-0.05, 0) is 50.6 Å². The topological polar surface area (TPSA) is 32.3 Å². The van der Waals surface area contributed by atoms with E-state index < -0.39 is 0 Å². The normalized spacial score (nSPS) is 20.5. The molecule has 19 heavy (non-hydrogen) atoms. The van der Waals surface area contributed by atoms with Gasteiger partial charge in [0.25, 0.3) is 0 Å². The van der Waals surface area contributed by atoms with Crippen LogP contribution in [0.4, 0.5) is 0 Å². The van der Waals surface area contributed by atoms with Crippen molar-refractivity contribution in [2.24, 2.45) is 11.8 Å². The van der Waals surface area contributed by atoms with E-state index >= 15 is 0 Å². The third kappa shape index (κ3) is 6.62. The lowest BCUT2D eigenvalue weighted by Crippen LogP contribution is -2.37. The number of hydrogen-bond acceptors (Lipinski definition) is 2. The van der Waals surface area contributed by atoms with Crippen LogP contribution in [0.2, 0.25) is 0 Å². The maximum atomic E-state index is 12.3. The van der Waals surface area contributed by atoms with E-state index in [9.17, 15) is 4.79 Å². The molecule has 2 atom stereocenters. The number of nitrogens with one attached hydrogen (secondary N) is 1. The molecular weight excluding hydrogens is 260 g/mol. The Labute approximate surface area is 124 Å². The maximum absolute atomic E-state index is 12.3. The second-order valence-corrected chi connectivity index (χ2v) is 5.67. The van der Waals surface area contributed by atoms with Crippen LogP contribution in [0.3, 0.4) is 0 Å². The van der Waals surface area contributed by atoms with E-state index in [-0.39, 0.29) is 12.4 Å². The fourth-order valence-electron chi connectivity index (χ4n) is 2.84. The Balaban J connectivity index is 0.00000324. The lowest BCUT2D eigenvalue weighted by atomic mass is 9.85. The molecule has 1 saturated heterocycles. The zero-order valence-corrected chi connectivity index (χ0v) is 13.6. The van der Waals surface area contributed by atoms with Gasteiger partial charge in [0.1, 0.15) is 0 Å². The molecule has 2 unspecified atom stereocenters. The summed E-state index contributed by atoms with van der Waals surface area (Å²) in [4.78, 5) is 14.3. The summed E-state index contributed by atoms with van der Waals surface area (Å²) in [5, 5.41) is 3.44. The highest BCUT2D eigenvalue weighted by atomic mass is 35.5. The van der Waals surface area contributed by atoms with E-state index in [0.717, 1.165) is 45.4 Å². The van der Waals surface area contributed by atoms with Crippen molar-refractivity contribution in [2.45, 2.75) is 52.9 Å². The zero-order chi connectivity index (χ0) is 13.4. The summed E-state index contributed by atoms with van der Waals surface area (Å²) in [6, 6.07) is 0. The Morgan fingerprint density at radius 1 is 1.32 bits per heavy atom. The van der Waals surface area contributed by atoms with Gasteiger partial charge in [0.05, 0.1) is 0 Å². The number of nitrogens with zero attached hydrogens (tertiary/aromatic N) is 1. The molecule has 1 aliphatic rings. The van der Waals surface area contributed by atoms with E-state index in [1.165, 1.54) is 12.8 Å². The number of amides is 1. The number of carbonyl (C=O) groups excluding carboxylic acids is 1. The highest BCUT2D eigenvalue weighted by Gasteiger charge is 2.23. The maximum Gasteiger partial charge on any atom is 0.222 e. The van der Waals surface area contributed by atoms with Gasteiger partial charge in [-0.1, -0.05) is 20.8 Å². The minimum Gasteiger partial charge on any atom is -0.343 e. The van der Waals surface area contributed by atoms with Gasteiger partial charge in [-0.3, -0.25) is 4.79 Å². The molecule has 1 N–H and O–H groups in total. The summed E-state index contributed by atoms with van der Waals surface area (Å²) in [6.45, 7) is 10.6. The van der Waals surface area contributed by atoms with Gasteiger partial charge in [-0.25, -0.2) is 0 Å². The fraction of sp³-hybridized carbons (Fsp3) is 0.933. The van der Waals surface area contributed by atoms with Crippen LogP contribution in [0, 0.1) is 11.8 Å². The molecule has 1 heterocycles. The molecule has 1 amide bonds. The Morgan fingerprint density at radius 3 is 2.42 bits per heavy atom. The number of halogens is 1. The number of hydrogen-bond donors (Lipinski definition) is 1. The summed E-state index contributed by atoms with van der Waals surface area (Å²) >= 11 is 0. The molecule has 4 heteroatoms. The summed E-state index contributed by atoms with van der Waals surface area (Å²) < 4.78 is 0. The molecule has 0 saturated carbocycles. The Bertz CT molecular complexity index is 236. The lowest BCUT2D eigenvalue weighted by Gasteiger charge is -2.30. The molecule has 0 spiro atoms. The molecule has 1 fully saturated rings. The summed E-state index contributed by atoms with van der Waals surface area (Å²) in [6.07, 6.45) is 5.39. The quantitative estimate of drug-likeness (QED) is 0.781. The molecule has 1 rings (SSSR count). The van der Waals surface area contributed by atoms with Crippen LogP contribution in [0.25, 0.3) is 0 Å². The van der Waals surface area contributed by atoms with Crippen molar-refractivity contribution in [3.63, 3.8) is 0 Å². The third-order valence-electron chi connectivity index (χ3n) is 3.98. The molecule has 114 valence electrons. The average molecular weight is 291 g/mol. The second-order valence-electron chi connectivity index (χ2n) is 5.67. The predicted octanol–water partition coefficient (Wildman–Crippen LogP) is 3.08. The van der Waals surface area contributed by atoms with Crippen LogP contribution >= 0.6 is 12.4 Å². The van der Waals surface area contributed by atoms with Crippen molar-refractivity contribution in [3.8, 4) is 0 Å². The number of carbonyl (C=O) groups is 1. The molecule has 0 aliphatic carbocycles. The van der Waals surface area contributed by atoms with Gasteiger partial charge in [0, 0.05) is 19.5 Å². The van der Waals surface area contributed by atoms with Crippen LogP contribution in [0.1, 0.15) is 52.9 Å². The zero-order valence-electron chi connectivity index (χ0n) is 12.8. The van der Waals surface area contributed by atoms with Gasteiger partial charge in [0.2, 0.25) is 5.91 Å². The van der Waals surface area contributed by atoms with Gasteiger partial charge in [0.15, 0.2) is 0 Å². The van der Waals surface area contributed by atoms with Crippen molar-refractivity contribution in [1.82, 2.24) is 10.2 Å². The van der Waals surface area contributed by atoms with Crippen molar-refractivity contribution in [3.05, 3.63) is 0 Å². The van der Waals surface area contributed by atoms with Gasteiger partial charge >= 0.3 is 0 Å². The van der Waals surface area contributed by atoms with E-state index in [4.69, 9.17) is 0 Å². The van der Waals surface area contributed by atoms with Crippen LogP contribution in [-0.4, -0.2) is 37.0 Å². The first-order valence-corrected chi connectivity index (χ1v) is 7.67. The largest absolute Gasteiger partial charge is 0.343 e. The highest BCUT2D eigenvalue weighted by Crippen LogP contribution is 2.23. The highest BCUT2D eigenvalue weighted by molar-refractivity contribution is 5.85. The monoisotopic (exact) mass is 290 g/mol. The number of piperidine rings is 1. The predicted molar refractivity (Wildman–Crippen MR) is 83.8 cm³/mol. The first-order chi connectivity index (χ1) is 8.69. The standard InChI is InChI=1S/C15H30N2O.ClH/c1-4-9-17(10-5-2)15(18)11-13(3)14-7-6-8-16-12-14;/h13-14,16H,4-12H2,1-3H3;1H. The van der Waals surface area contributed by atoms with Crippen LogP contribution in [0.5, 0.6) is 0 Å². The van der Waals surface area contributed by atoms with Gasteiger partial charge < -0.3 is 10.2 Å². The molecule has 0 aromatic rings. The van der Waals surface area contributed by atoms with E-state index in [0.29, 0.717) is 17.7 Å². The summed E-state index contributed by atoms with van der Waals surface area (Å²) in [5.74, 6) is 1.56. The van der Waals surface area contributed by atoms with Gasteiger partial charge in [-0.15, -0.1) is 12.4 Å². The molecule has 0 radical (unpaired) electrons. The van der Waals surface area contributed by atoms with Crippen molar-refractivity contribution in [1.29, 1.82) is 0 Å². The van der Waals surface area contributed by atoms with E-state index in [1.807, 2.05) is 4.90 Å². The molecule has 0 bridgehead atoms. The molecule has 1 aliphatic heterocycles. The van der Waals surface area contributed by atoms with Crippen molar-refractivity contribution in [2.75, 3.05) is 26.2 Å². The summed E-state index contributed by atoms with van der Waals surface area (Å²) in [7, 11) is 0. The Morgan fingerprint density at radius 2 is 1.95 bits per heavy atom. The fourth-order valence-corrected chi connectivity index (χ4v) is 2.84. The molecule has 3 nitrogen and oxygen atoms in total. The van der Waals surface area contributed by atoms with Crippen molar-refractivity contribution < 1.29 is 4.79 Å². The molecular formula is C15H31ClN2O. The first kappa shape index (κ1) is 18.7. The van der Waals surface area contributed by atoms with Gasteiger partial charge in [-0.2, -0.15) is 0 Å². The Kier molecular flexibility index (Phi) is 10.3. The first-order valence-electron chi connectivity index (χ1n) is 7.67. The SMILES string of the molecule is CCCN(CCC)C(=O)CC(C)C1CCCNC1.Cl. The minimum absolute atomic E-state index is 0. The van der Waals surface area contributed by atoms with Crippen LogP contribution in [-0.2, 0) is 4.79 Å².